The maximum Gasteiger partial charge on any atom is 0.144 e. The van der Waals surface area contributed by atoms with E-state index in [1.54, 1.807) is 14.2 Å². The van der Waals surface area contributed by atoms with Crippen molar-refractivity contribution in [3.8, 4) is 11.5 Å². The average molecular weight is 244 g/mol. The summed E-state index contributed by atoms with van der Waals surface area (Å²) in [5.74, 6) is 1.63. The zero-order chi connectivity index (χ0) is 12.1. The molecule has 1 atom stereocenters. The Hall–Kier alpha value is -0.930. The topological polar surface area (TPSA) is 44.5 Å². The van der Waals surface area contributed by atoms with Crippen LogP contribution in [0.1, 0.15) is 24.8 Å². The third-order valence-electron chi connectivity index (χ3n) is 2.65. The molecule has 1 aromatic carbocycles. The smallest absolute Gasteiger partial charge is 0.144 e. The summed E-state index contributed by atoms with van der Waals surface area (Å²) in [4.78, 5) is 0. The van der Waals surface area contributed by atoms with E-state index >= 15 is 0 Å². The monoisotopic (exact) mass is 243 g/mol. The van der Waals surface area contributed by atoms with Crippen molar-refractivity contribution in [1.29, 1.82) is 0 Å². The Bertz CT molecular complexity index is 355. The van der Waals surface area contributed by atoms with Gasteiger partial charge in [-0.05, 0) is 30.5 Å². The van der Waals surface area contributed by atoms with Gasteiger partial charge in [0.25, 0.3) is 0 Å². The lowest BCUT2D eigenvalue weighted by atomic mass is 9.96. The molecule has 1 unspecified atom stereocenters. The third-order valence-corrected chi connectivity index (χ3v) is 3.00. The first-order valence-electron chi connectivity index (χ1n) is 5.26. The highest BCUT2D eigenvalue weighted by Crippen LogP contribution is 2.40. The van der Waals surface area contributed by atoms with Crippen molar-refractivity contribution >= 4 is 11.6 Å². The summed E-state index contributed by atoms with van der Waals surface area (Å²) in [7, 11) is 3.20. The van der Waals surface area contributed by atoms with E-state index in [-0.39, 0.29) is 0 Å². The van der Waals surface area contributed by atoms with Crippen LogP contribution < -0.4 is 15.2 Å². The Morgan fingerprint density at radius 1 is 1.31 bits per heavy atom. The number of rotatable bonds is 5. The van der Waals surface area contributed by atoms with E-state index in [4.69, 9.17) is 26.8 Å². The molecule has 0 amide bonds. The van der Waals surface area contributed by atoms with E-state index in [1.165, 1.54) is 0 Å². The quantitative estimate of drug-likeness (QED) is 0.865. The molecule has 0 aliphatic heterocycles. The first kappa shape index (κ1) is 13.1. The number of benzene rings is 1. The fourth-order valence-corrected chi connectivity index (χ4v) is 2.04. The number of methoxy groups -OCH3 is 2. The molecule has 0 aliphatic carbocycles. The molecule has 1 aromatic rings. The number of hydrogen-bond donors (Lipinski definition) is 1. The van der Waals surface area contributed by atoms with Crippen LogP contribution in [0.25, 0.3) is 0 Å². The lowest BCUT2D eigenvalue weighted by Gasteiger charge is -2.17. The van der Waals surface area contributed by atoms with Crippen molar-refractivity contribution < 1.29 is 9.47 Å². The molecule has 0 saturated heterocycles. The lowest BCUT2D eigenvalue weighted by molar-refractivity contribution is 0.389. The molecule has 2 N–H and O–H groups in total. The molecule has 16 heavy (non-hydrogen) atoms. The molecule has 0 aromatic heterocycles. The van der Waals surface area contributed by atoms with Gasteiger partial charge in [-0.1, -0.05) is 24.6 Å². The zero-order valence-corrected chi connectivity index (χ0v) is 10.7. The summed E-state index contributed by atoms with van der Waals surface area (Å²) in [6.07, 6.45) is 0.902. The highest BCUT2D eigenvalue weighted by atomic mass is 35.5. The summed E-state index contributed by atoms with van der Waals surface area (Å²) >= 11 is 6.18. The first-order valence-corrected chi connectivity index (χ1v) is 5.63. The largest absolute Gasteiger partial charge is 0.495 e. The zero-order valence-electron chi connectivity index (χ0n) is 9.92. The average Bonchev–Trinajstić information content (AvgIpc) is 2.28. The number of ether oxygens (including phenoxy) is 2. The van der Waals surface area contributed by atoms with Gasteiger partial charge in [-0.25, -0.2) is 0 Å². The number of hydrogen-bond acceptors (Lipinski definition) is 3. The third kappa shape index (κ3) is 2.60. The minimum atomic E-state index is 0.323. The van der Waals surface area contributed by atoms with Crippen molar-refractivity contribution in [2.75, 3.05) is 20.8 Å². The van der Waals surface area contributed by atoms with Crippen molar-refractivity contribution in [1.82, 2.24) is 0 Å². The highest BCUT2D eigenvalue weighted by molar-refractivity contribution is 6.33. The van der Waals surface area contributed by atoms with Crippen LogP contribution in [0.3, 0.4) is 0 Å². The van der Waals surface area contributed by atoms with Crippen LogP contribution in [-0.2, 0) is 0 Å². The summed E-state index contributed by atoms with van der Waals surface area (Å²) in [5, 5.41) is 0.520. The van der Waals surface area contributed by atoms with Gasteiger partial charge in [-0.2, -0.15) is 0 Å². The molecule has 0 aliphatic rings. The van der Waals surface area contributed by atoms with Crippen LogP contribution in [0.4, 0.5) is 0 Å². The van der Waals surface area contributed by atoms with Gasteiger partial charge in [0, 0.05) is 0 Å². The van der Waals surface area contributed by atoms with E-state index in [1.807, 2.05) is 12.1 Å². The van der Waals surface area contributed by atoms with E-state index in [2.05, 4.69) is 6.92 Å². The Morgan fingerprint density at radius 3 is 2.50 bits per heavy atom. The summed E-state index contributed by atoms with van der Waals surface area (Å²) in [5.41, 5.74) is 6.62. The SMILES string of the molecule is COc1ccc(C(C)CCN)c(OC)c1Cl. The van der Waals surface area contributed by atoms with Crippen LogP contribution in [-0.4, -0.2) is 20.8 Å². The molecule has 0 bridgehead atoms. The van der Waals surface area contributed by atoms with Crippen LogP contribution in [0.5, 0.6) is 11.5 Å². The summed E-state index contributed by atoms with van der Waals surface area (Å²) in [6, 6.07) is 3.83. The van der Waals surface area contributed by atoms with E-state index in [0.29, 0.717) is 29.0 Å². The van der Waals surface area contributed by atoms with Crippen LogP contribution in [0.15, 0.2) is 12.1 Å². The van der Waals surface area contributed by atoms with Crippen LogP contribution >= 0.6 is 11.6 Å². The van der Waals surface area contributed by atoms with E-state index in [9.17, 15) is 0 Å². The molecule has 0 radical (unpaired) electrons. The van der Waals surface area contributed by atoms with Crippen molar-refractivity contribution in [2.24, 2.45) is 5.73 Å². The maximum atomic E-state index is 6.18. The lowest BCUT2D eigenvalue weighted by Crippen LogP contribution is -2.06. The van der Waals surface area contributed by atoms with Crippen molar-refractivity contribution in [3.63, 3.8) is 0 Å². The predicted molar refractivity (Wildman–Crippen MR) is 66.6 cm³/mol. The molecule has 0 saturated carbocycles. The fraction of sp³-hybridized carbons (Fsp3) is 0.500. The molecular formula is C12H18ClNO2. The van der Waals surface area contributed by atoms with Gasteiger partial charge in [0.2, 0.25) is 0 Å². The Morgan fingerprint density at radius 2 is 2.00 bits per heavy atom. The standard InChI is InChI=1S/C12H18ClNO2/c1-8(6-7-14)9-4-5-10(15-2)11(13)12(9)16-3/h4-5,8H,6-7,14H2,1-3H3. The van der Waals surface area contributed by atoms with Gasteiger partial charge in [-0.15, -0.1) is 0 Å². The molecular weight excluding hydrogens is 226 g/mol. The second kappa shape index (κ2) is 5.97. The molecule has 90 valence electrons. The minimum absolute atomic E-state index is 0.323. The molecule has 3 nitrogen and oxygen atoms in total. The Labute approximate surface area is 101 Å². The van der Waals surface area contributed by atoms with E-state index in [0.717, 1.165) is 12.0 Å². The Balaban J connectivity index is 3.14. The first-order chi connectivity index (χ1) is 7.65. The minimum Gasteiger partial charge on any atom is -0.495 e. The summed E-state index contributed by atoms with van der Waals surface area (Å²) in [6.45, 7) is 2.75. The second-order valence-electron chi connectivity index (χ2n) is 3.68. The Kier molecular flexibility index (Phi) is 4.90. The molecule has 1 rings (SSSR count). The van der Waals surface area contributed by atoms with E-state index < -0.39 is 0 Å². The van der Waals surface area contributed by atoms with Gasteiger partial charge in [-0.3, -0.25) is 0 Å². The number of nitrogens with two attached hydrogens (primary N) is 1. The molecule has 4 heteroatoms. The molecule has 0 fully saturated rings. The predicted octanol–water partition coefficient (Wildman–Crippen LogP) is 2.81. The maximum absolute atomic E-state index is 6.18. The summed E-state index contributed by atoms with van der Waals surface area (Å²) < 4.78 is 10.5. The fourth-order valence-electron chi connectivity index (χ4n) is 1.71. The van der Waals surface area contributed by atoms with Crippen molar-refractivity contribution in [2.45, 2.75) is 19.3 Å². The van der Waals surface area contributed by atoms with Gasteiger partial charge in [0.15, 0.2) is 0 Å². The number of halogens is 1. The molecule has 0 spiro atoms. The van der Waals surface area contributed by atoms with Crippen LogP contribution in [0, 0.1) is 0 Å². The molecule has 0 heterocycles. The normalized spacial score (nSPS) is 12.3. The van der Waals surface area contributed by atoms with Gasteiger partial charge in [0.1, 0.15) is 16.5 Å². The van der Waals surface area contributed by atoms with Gasteiger partial charge < -0.3 is 15.2 Å². The second-order valence-corrected chi connectivity index (χ2v) is 4.06. The highest BCUT2D eigenvalue weighted by Gasteiger charge is 2.16. The van der Waals surface area contributed by atoms with Gasteiger partial charge in [0.05, 0.1) is 14.2 Å². The van der Waals surface area contributed by atoms with Crippen LogP contribution in [0.2, 0.25) is 5.02 Å². The van der Waals surface area contributed by atoms with Gasteiger partial charge >= 0.3 is 0 Å². The van der Waals surface area contributed by atoms with Crippen molar-refractivity contribution in [3.05, 3.63) is 22.7 Å².